The van der Waals surface area contributed by atoms with E-state index in [1.54, 1.807) is 14.2 Å². The second-order valence-corrected chi connectivity index (χ2v) is 14.7. The number of anilines is 1. The number of carbonyl (C=O) groups excluding carboxylic acids is 1. The van der Waals surface area contributed by atoms with Gasteiger partial charge in [0.25, 0.3) is 5.91 Å². The molecule has 2 saturated heterocycles. The van der Waals surface area contributed by atoms with E-state index in [-0.39, 0.29) is 11.9 Å². The fraction of sp³-hybridized carbons (Fsp3) is 0.656. The Morgan fingerprint density at radius 3 is 2.37 bits per heavy atom. The predicted molar refractivity (Wildman–Crippen MR) is 169 cm³/mol. The van der Waals surface area contributed by atoms with Crippen LogP contribution in [-0.2, 0) is 10.0 Å². The third kappa shape index (κ3) is 7.67. The molecule has 3 aliphatic rings. The Bertz CT molecular complexity index is 1340. The molecule has 2 aromatic rings. The van der Waals surface area contributed by atoms with E-state index in [4.69, 9.17) is 4.74 Å². The quantitative estimate of drug-likeness (QED) is 0.450. The Morgan fingerprint density at radius 2 is 1.72 bits per heavy atom. The molecule has 1 amide bonds. The first-order chi connectivity index (χ1) is 20.6. The number of methoxy groups -OCH3 is 1. The number of piperidine rings is 2. The number of benzene rings is 1. The maximum Gasteiger partial charge on any atom is 0.272 e. The van der Waals surface area contributed by atoms with Gasteiger partial charge >= 0.3 is 0 Å². The maximum atomic E-state index is 13.5. The number of carbonyl (C=O) groups is 1. The fourth-order valence-electron chi connectivity index (χ4n) is 7.21. The lowest BCUT2D eigenvalue weighted by molar-refractivity contribution is 0.0542. The van der Waals surface area contributed by atoms with Crippen molar-refractivity contribution >= 4 is 21.7 Å². The van der Waals surface area contributed by atoms with E-state index in [9.17, 15) is 13.2 Å². The van der Waals surface area contributed by atoms with Gasteiger partial charge in [0.05, 0.1) is 13.4 Å². The van der Waals surface area contributed by atoms with E-state index in [0.29, 0.717) is 36.7 Å². The minimum Gasteiger partial charge on any atom is -0.497 e. The number of hydrogen-bond acceptors (Lipinski definition) is 8. The molecule has 43 heavy (non-hydrogen) atoms. The van der Waals surface area contributed by atoms with Crippen LogP contribution in [0.4, 0.5) is 5.82 Å². The first-order valence-corrected chi connectivity index (χ1v) is 17.6. The largest absolute Gasteiger partial charge is 0.497 e. The molecular formula is C32H48N6O4S. The summed E-state index contributed by atoms with van der Waals surface area (Å²) in [5.74, 6) is 2.72. The second-order valence-electron chi connectivity index (χ2n) is 12.6. The van der Waals surface area contributed by atoms with Crippen LogP contribution in [0.1, 0.15) is 78.9 Å². The van der Waals surface area contributed by atoms with E-state index in [1.165, 1.54) is 41.7 Å². The van der Waals surface area contributed by atoms with Crippen LogP contribution in [-0.4, -0.2) is 104 Å². The van der Waals surface area contributed by atoms with Crippen molar-refractivity contribution in [2.75, 3.05) is 58.5 Å². The fourth-order valence-corrected chi connectivity index (χ4v) is 7.96. The number of likely N-dealkylation sites (tertiary alicyclic amines) is 2. The van der Waals surface area contributed by atoms with Crippen LogP contribution in [0.5, 0.6) is 5.75 Å². The third-order valence-corrected chi connectivity index (χ3v) is 11.4. The molecule has 2 aliphatic heterocycles. The summed E-state index contributed by atoms with van der Waals surface area (Å²) in [5, 5.41) is 3.55. The number of hydrogen-bond donors (Lipinski definition) is 1. The Hall–Kier alpha value is -2.76. The lowest BCUT2D eigenvalue weighted by atomic mass is 9.78. The topological polar surface area (TPSA) is 108 Å². The Labute approximate surface area is 257 Å². The highest BCUT2D eigenvalue weighted by Crippen LogP contribution is 2.37. The monoisotopic (exact) mass is 612 g/mol. The molecule has 1 aromatic carbocycles. The zero-order valence-corrected chi connectivity index (χ0v) is 27.0. The molecule has 236 valence electrons. The zero-order chi connectivity index (χ0) is 30.6. The van der Waals surface area contributed by atoms with Crippen molar-refractivity contribution in [1.82, 2.24) is 24.1 Å². The molecule has 3 heterocycles. The molecule has 1 aromatic heterocycles. The van der Waals surface area contributed by atoms with Crippen LogP contribution in [0.2, 0.25) is 0 Å². The summed E-state index contributed by atoms with van der Waals surface area (Å²) in [7, 11) is 0.218. The van der Waals surface area contributed by atoms with Crippen molar-refractivity contribution in [1.29, 1.82) is 0 Å². The van der Waals surface area contributed by atoms with Crippen molar-refractivity contribution in [2.45, 2.75) is 76.3 Å². The maximum absolute atomic E-state index is 13.5. The molecule has 0 radical (unpaired) electrons. The van der Waals surface area contributed by atoms with Crippen molar-refractivity contribution in [3.63, 3.8) is 0 Å². The average molecular weight is 613 g/mol. The normalized spacial score (nSPS) is 23.0. The van der Waals surface area contributed by atoms with E-state index in [2.05, 4.69) is 32.3 Å². The van der Waals surface area contributed by atoms with Gasteiger partial charge in [0, 0.05) is 44.3 Å². The van der Waals surface area contributed by atoms with E-state index in [1.807, 2.05) is 24.0 Å². The van der Waals surface area contributed by atoms with Crippen LogP contribution < -0.4 is 10.1 Å². The Balaban J connectivity index is 1.11. The molecule has 5 rings (SSSR count). The van der Waals surface area contributed by atoms with Gasteiger partial charge in [0.15, 0.2) is 0 Å². The number of rotatable bonds is 9. The zero-order valence-electron chi connectivity index (χ0n) is 26.2. The molecule has 1 N–H and O–H groups in total. The first-order valence-electron chi connectivity index (χ1n) is 15.8. The second kappa shape index (κ2) is 13.9. The summed E-state index contributed by atoms with van der Waals surface area (Å²) in [6, 6.07) is 8.98. The highest BCUT2D eigenvalue weighted by molar-refractivity contribution is 7.88. The van der Waals surface area contributed by atoms with Gasteiger partial charge < -0.3 is 19.9 Å². The summed E-state index contributed by atoms with van der Waals surface area (Å²) in [6.45, 7) is 5.97. The Morgan fingerprint density at radius 1 is 1.02 bits per heavy atom. The number of sulfonamides is 1. The summed E-state index contributed by atoms with van der Waals surface area (Å²) >= 11 is 0. The first kappa shape index (κ1) is 31.7. The third-order valence-electron chi connectivity index (χ3n) is 10.0. The van der Waals surface area contributed by atoms with Gasteiger partial charge in [0.2, 0.25) is 10.0 Å². The van der Waals surface area contributed by atoms with Gasteiger partial charge in [-0.25, -0.2) is 22.7 Å². The van der Waals surface area contributed by atoms with Crippen LogP contribution in [0.15, 0.2) is 30.6 Å². The minimum absolute atomic E-state index is 0.0212. The highest BCUT2D eigenvalue weighted by Gasteiger charge is 2.33. The summed E-state index contributed by atoms with van der Waals surface area (Å²) in [6.07, 6.45) is 11.1. The summed E-state index contributed by atoms with van der Waals surface area (Å²) in [5.41, 5.74) is 2.68. The average Bonchev–Trinajstić information content (AvgIpc) is 3.03. The minimum atomic E-state index is -3.17. The lowest BCUT2D eigenvalue weighted by Crippen LogP contribution is -2.52. The molecule has 0 spiro atoms. The van der Waals surface area contributed by atoms with Crippen molar-refractivity contribution < 1.29 is 17.9 Å². The van der Waals surface area contributed by atoms with Gasteiger partial charge in [-0.15, -0.1) is 0 Å². The van der Waals surface area contributed by atoms with Crippen molar-refractivity contribution in [3.05, 3.63) is 47.4 Å². The van der Waals surface area contributed by atoms with Crippen LogP contribution in [0.25, 0.3) is 0 Å². The molecule has 1 saturated carbocycles. The van der Waals surface area contributed by atoms with E-state index in [0.717, 1.165) is 68.9 Å². The predicted octanol–water partition coefficient (Wildman–Crippen LogP) is 4.14. The number of nitrogens with one attached hydrogen (secondary N) is 1. The lowest BCUT2D eigenvalue weighted by Gasteiger charge is -2.43. The molecule has 11 heteroatoms. The molecule has 0 bridgehead atoms. The number of amides is 1. The summed E-state index contributed by atoms with van der Waals surface area (Å²) < 4.78 is 30.7. The van der Waals surface area contributed by atoms with E-state index >= 15 is 0 Å². The summed E-state index contributed by atoms with van der Waals surface area (Å²) in [4.78, 5) is 26.9. The molecule has 10 nitrogen and oxygen atoms in total. The molecule has 2 unspecified atom stereocenters. The molecule has 3 fully saturated rings. The molecule has 1 aliphatic carbocycles. The van der Waals surface area contributed by atoms with Crippen molar-refractivity contribution in [2.24, 2.45) is 5.92 Å². The van der Waals surface area contributed by atoms with Crippen molar-refractivity contribution in [3.8, 4) is 5.75 Å². The highest BCUT2D eigenvalue weighted by atomic mass is 32.2. The van der Waals surface area contributed by atoms with Crippen LogP contribution in [0, 0.1) is 12.8 Å². The number of nitrogens with zero attached hydrogens (tertiary/aromatic N) is 5. The van der Waals surface area contributed by atoms with Gasteiger partial charge in [-0.1, -0.05) is 18.6 Å². The number of ether oxygens (including phenoxy) is 1. The Kier molecular flexibility index (Phi) is 10.2. The van der Waals surface area contributed by atoms with Gasteiger partial charge in [-0.3, -0.25) is 4.79 Å². The standard InChI is InChI=1S/C32H48N6O4S/c1-23-30(32(39)38-18-14-28(15-19-38)37-16-12-27(13-17-37)36(2)43(4,40)41)34-22-35-31(23)33-21-24-6-5-7-26(20-24)25-8-10-29(42-3)11-9-25/h8-11,22,24,26-28H,5-7,12-21H2,1-4H3,(H,33,34,35). The van der Waals surface area contributed by atoms with Gasteiger partial charge in [0.1, 0.15) is 23.6 Å². The molecule has 2 atom stereocenters. The smallest absolute Gasteiger partial charge is 0.272 e. The molecular weight excluding hydrogens is 564 g/mol. The van der Waals surface area contributed by atoms with E-state index < -0.39 is 10.0 Å². The van der Waals surface area contributed by atoms with Crippen LogP contribution >= 0.6 is 0 Å². The van der Waals surface area contributed by atoms with Crippen LogP contribution in [0.3, 0.4) is 0 Å². The number of aromatic nitrogens is 2. The SMILES string of the molecule is COc1ccc(C2CCCC(CNc3ncnc(C(=O)N4CCC(N5CCC(N(C)S(C)(=O)=O)CC5)CC4)c3C)C2)cc1. The van der Waals surface area contributed by atoms with Gasteiger partial charge in [-0.05, 0) is 94.5 Å². The van der Waals surface area contributed by atoms with Gasteiger partial charge in [-0.2, -0.15) is 0 Å².